The van der Waals surface area contributed by atoms with E-state index in [4.69, 9.17) is 27.5 Å². The van der Waals surface area contributed by atoms with Crippen molar-refractivity contribution in [1.82, 2.24) is 14.7 Å². The van der Waals surface area contributed by atoms with Crippen LogP contribution < -0.4 is 5.73 Å². The molecule has 0 amide bonds. The molecule has 3 N–H and O–H groups in total. The van der Waals surface area contributed by atoms with E-state index >= 15 is 0 Å². The maximum absolute atomic E-state index is 7.34. The Balaban J connectivity index is 2.77. The SMILES string of the molecule is CCc1nn(C)c(CN(CCOC)CCC(=N)N)c1Cl. The summed E-state index contributed by atoms with van der Waals surface area (Å²) in [6.45, 7) is 4.83. The molecule has 0 saturated heterocycles. The summed E-state index contributed by atoms with van der Waals surface area (Å²) in [5.41, 5.74) is 7.34. The number of nitrogens with two attached hydrogens (primary N) is 1. The molecule has 1 aromatic heterocycles. The molecule has 1 aromatic rings. The lowest BCUT2D eigenvalue weighted by Crippen LogP contribution is -2.31. The Bertz CT molecular complexity index is 446. The van der Waals surface area contributed by atoms with Gasteiger partial charge in [-0.2, -0.15) is 5.10 Å². The monoisotopic (exact) mass is 301 g/mol. The minimum atomic E-state index is 0.192. The Labute approximate surface area is 125 Å². The molecule has 6 nitrogen and oxygen atoms in total. The van der Waals surface area contributed by atoms with Crippen molar-refractivity contribution in [2.75, 3.05) is 26.8 Å². The third-order valence-electron chi connectivity index (χ3n) is 3.19. The highest BCUT2D eigenvalue weighted by molar-refractivity contribution is 6.31. The minimum Gasteiger partial charge on any atom is -0.388 e. The Kier molecular flexibility index (Phi) is 6.98. The first-order chi connectivity index (χ1) is 9.49. The van der Waals surface area contributed by atoms with E-state index in [0.29, 0.717) is 26.1 Å². The Morgan fingerprint density at radius 1 is 1.50 bits per heavy atom. The molecule has 0 aliphatic carbocycles. The lowest BCUT2D eigenvalue weighted by atomic mass is 10.2. The summed E-state index contributed by atoms with van der Waals surface area (Å²) in [4.78, 5) is 2.17. The van der Waals surface area contributed by atoms with Gasteiger partial charge in [0, 0.05) is 40.2 Å². The van der Waals surface area contributed by atoms with E-state index in [1.54, 1.807) is 7.11 Å². The van der Waals surface area contributed by atoms with Gasteiger partial charge in [0.25, 0.3) is 0 Å². The molecule has 0 unspecified atom stereocenters. The van der Waals surface area contributed by atoms with Gasteiger partial charge in [0.05, 0.1) is 28.9 Å². The number of hydrogen-bond acceptors (Lipinski definition) is 4. The van der Waals surface area contributed by atoms with E-state index in [9.17, 15) is 0 Å². The topological polar surface area (TPSA) is 80.2 Å². The van der Waals surface area contributed by atoms with Crippen LogP contribution in [-0.2, 0) is 24.8 Å². The van der Waals surface area contributed by atoms with E-state index in [1.807, 2.05) is 18.7 Å². The van der Waals surface area contributed by atoms with Crippen molar-refractivity contribution in [3.05, 3.63) is 16.4 Å². The fraction of sp³-hybridized carbons (Fsp3) is 0.692. The lowest BCUT2D eigenvalue weighted by molar-refractivity contribution is 0.144. The predicted molar refractivity (Wildman–Crippen MR) is 81.3 cm³/mol. The van der Waals surface area contributed by atoms with Gasteiger partial charge in [-0.3, -0.25) is 15.0 Å². The van der Waals surface area contributed by atoms with E-state index in [0.717, 1.165) is 29.4 Å². The molecule has 1 rings (SSSR count). The van der Waals surface area contributed by atoms with Crippen LogP contribution in [0.5, 0.6) is 0 Å². The van der Waals surface area contributed by atoms with Gasteiger partial charge in [-0.05, 0) is 6.42 Å². The summed E-state index contributed by atoms with van der Waals surface area (Å²) in [6.07, 6.45) is 1.36. The number of halogens is 1. The maximum atomic E-state index is 7.34. The third kappa shape index (κ3) is 4.77. The van der Waals surface area contributed by atoms with Crippen LogP contribution in [0.15, 0.2) is 0 Å². The van der Waals surface area contributed by atoms with Crippen molar-refractivity contribution < 1.29 is 4.74 Å². The van der Waals surface area contributed by atoms with E-state index < -0.39 is 0 Å². The van der Waals surface area contributed by atoms with E-state index in [2.05, 4.69) is 10.00 Å². The molecule has 1 heterocycles. The number of hydrogen-bond donors (Lipinski definition) is 2. The summed E-state index contributed by atoms with van der Waals surface area (Å²) < 4.78 is 6.95. The van der Waals surface area contributed by atoms with E-state index in [1.165, 1.54) is 0 Å². The van der Waals surface area contributed by atoms with Crippen LogP contribution in [0.4, 0.5) is 0 Å². The highest BCUT2D eigenvalue weighted by Crippen LogP contribution is 2.22. The zero-order valence-corrected chi connectivity index (χ0v) is 13.2. The molecule has 0 aliphatic rings. The molecule has 0 fully saturated rings. The number of nitrogens with zero attached hydrogens (tertiary/aromatic N) is 3. The number of amidine groups is 1. The van der Waals surface area contributed by atoms with Gasteiger partial charge in [-0.1, -0.05) is 18.5 Å². The number of rotatable bonds is 9. The smallest absolute Gasteiger partial charge is 0.0918 e. The highest BCUT2D eigenvalue weighted by Gasteiger charge is 2.16. The summed E-state index contributed by atoms with van der Waals surface area (Å²) in [5.74, 6) is 0.192. The second kappa shape index (κ2) is 8.24. The average Bonchev–Trinajstić information content (AvgIpc) is 2.68. The molecule has 0 bridgehead atoms. The number of aryl methyl sites for hydroxylation is 2. The molecule has 0 aromatic carbocycles. The van der Waals surface area contributed by atoms with Crippen LogP contribution in [0.25, 0.3) is 0 Å². The normalized spacial score (nSPS) is 11.2. The van der Waals surface area contributed by atoms with Crippen molar-refractivity contribution in [2.24, 2.45) is 12.8 Å². The van der Waals surface area contributed by atoms with Crippen molar-refractivity contribution in [1.29, 1.82) is 5.41 Å². The van der Waals surface area contributed by atoms with Crippen LogP contribution in [0.1, 0.15) is 24.7 Å². The molecular weight excluding hydrogens is 278 g/mol. The Hall–Kier alpha value is -1.11. The molecule has 0 saturated carbocycles. The molecule has 20 heavy (non-hydrogen) atoms. The fourth-order valence-electron chi connectivity index (χ4n) is 1.97. The number of nitrogens with one attached hydrogen (secondary N) is 1. The van der Waals surface area contributed by atoms with Gasteiger partial charge < -0.3 is 10.5 Å². The molecule has 0 radical (unpaired) electrons. The zero-order chi connectivity index (χ0) is 15.1. The third-order valence-corrected chi connectivity index (χ3v) is 3.62. The molecule has 0 atom stereocenters. The minimum absolute atomic E-state index is 0.192. The van der Waals surface area contributed by atoms with E-state index in [-0.39, 0.29) is 5.84 Å². The lowest BCUT2D eigenvalue weighted by Gasteiger charge is -2.21. The van der Waals surface area contributed by atoms with Gasteiger partial charge in [0.1, 0.15) is 0 Å². The quantitative estimate of drug-likeness (QED) is 0.534. The van der Waals surface area contributed by atoms with Crippen LogP contribution in [-0.4, -0.2) is 47.3 Å². The predicted octanol–water partition coefficient (Wildman–Crippen LogP) is 1.41. The summed E-state index contributed by atoms with van der Waals surface area (Å²) in [6, 6.07) is 0. The Morgan fingerprint density at radius 2 is 2.20 bits per heavy atom. The number of ether oxygens (including phenoxy) is 1. The largest absolute Gasteiger partial charge is 0.388 e. The standard InChI is InChI=1S/C13H24ClN5O/c1-4-10-13(14)11(18(2)17-10)9-19(7-8-20-3)6-5-12(15)16/h4-9H2,1-3H3,(H3,15,16). The average molecular weight is 302 g/mol. The first kappa shape index (κ1) is 16.9. The summed E-state index contributed by atoms with van der Waals surface area (Å²) in [7, 11) is 3.58. The van der Waals surface area contributed by atoms with Gasteiger partial charge in [0.2, 0.25) is 0 Å². The molecule has 0 aliphatic heterocycles. The first-order valence-corrected chi connectivity index (χ1v) is 7.11. The van der Waals surface area contributed by atoms with Crippen molar-refractivity contribution in [3.8, 4) is 0 Å². The van der Waals surface area contributed by atoms with Crippen molar-refractivity contribution in [2.45, 2.75) is 26.3 Å². The molecule has 0 spiro atoms. The van der Waals surface area contributed by atoms with Gasteiger partial charge in [0.15, 0.2) is 0 Å². The first-order valence-electron chi connectivity index (χ1n) is 6.74. The van der Waals surface area contributed by atoms with Gasteiger partial charge in [-0.25, -0.2) is 0 Å². The second-order valence-electron chi connectivity index (χ2n) is 4.73. The fourth-order valence-corrected chi connectivity index (χ4v) is 2.33. The second-order valence-corrected chi connectivity index (χ2v) is 5.11. The van der Waals surface area contributed by atoms with Crippen LogP contribution in [0.3, 0.4) is 0 Å². The van der Waals surface area contributed by atoms with Crippen molar-refractivity contribution in [3.63, 3.8) is 0 Å². The number of methoxy groups -OCH3 is 1. The maximum Gasteiger partial charge on any atom is 0.0918 e. The highest BCUT2D eigenvalue weighted by atomic mass is 35.5. The van der Waals surface area contributed by atoms with Gasteiger partial charge in [-0.15, -0.1) is 0 Å². The molecule has 114 valence electrons. The summed E-state index contributed by atoms with van der Waals surface area (Å²) >= 11 is 6.36. The van der Waals surface area contributed by atoms with Crippen molar-refractivity contribution >= 4 is 17.4 Å². The van der Waals surface area contributed by atoms with Gasteiger partial charge >= 0.3 is 0 Å². The number of aromatic nitrogens is 2. The molecule has 7 heteroatoms. The summed E-state index contributed by atoms with van der Waals surface area (Å²) in [5, 5.41) is 12.5. The van der Waals surface area contributed by atoms with Crippen LogP contribution >= 0.6 is 11.6 Å². The Morgan fingerprint density at radius 3 is 2.70 bits per heavy atom. The molecular formula is C13H24ClN5O. The zero-order valence-electron chi connectivity index (χ0n) is 12.4. The van der Waals surface area contributed by atoms with Crippen LogP contribution in [0, 0.1) is 5.41 Å². The van der Waals surface area contributed by atoms with Crippen LogP contribution in [0.2, 0.25) is 5.02 Å².